The largest absolute Gasteiger partial charge is 0.309 e. The van der Waals surface area contributed by atoms with E-state index in [0.29, 0.717) is 0 Å². The van der Waals surface area contributed by atoms with Crippen LogP contribution in [0, 0.1) is 0 Å². The highest BCUT2D eigenvalue weighted by atomic mass is 15.0. The van der Waals surface area contributed by atoms with E-state index in [2.05, 4.69) is 194 Å². The lowest BCUT2D eigenvalue weighted by Crippen LogP contribution is -2.06. The highest BCUT2D eigenvalue weighted by Gasteiger charge is 2.18. The molecule has 0 spiro atoms. The number of hydrogen-bond acceptors (Lipinski definition) is 1. The zero-order valence-corrected chi connectivity index (χ0v) is 29.9. The SMILES string of the molecule is CC(=NC(=NC(C)c1ccc2ccccc2c1-c1ccc(-n2c3ccccc3c3c4ccccc4ccc32)cc1)c1ccccc1)C1=CC=CCC=C1. The Morgan fingerprint density at radius 1 is 0.623 bits per heavy atom. The Morgan fingerprint density at radius 3 is 2.11 bits per heavy atom. The van der Waals surface area contributed by atoms with Gasteiger partial charge in [-0.3, -0.25) is 4.99 Å². The fourth-order valence-corrected chi connectivity index (χ4v) is 7.81. The highest BCUT2D eigenvalue weighted by Crippen LogP contribution is 2.40. The van der Waals surface area contributed by atoms with Crippen LogP contribution < -0.4 is 0 Å². The predicted octanol–water partition coefficient (Wildman–Crippen LogP) is 13.2. The number of allylic oxidation sites excluding steroid dienone is 6. The van der Waals surface area contributed by atoms with E-state index in [0.717, 1.165) is 45.9 Å². The van der Waals surface area contributed by atoms with Crippen molar-refractivity contribution in [2.75, 3.05) is 0 Å². The molecule has 0 amide bonds. The van der Waals surface area contributed by atoms with E-state index in [1.54, 1.807) is 0 Å². The van der Waals surface area contributed by atoms with E-state index in [1.165, 1.54) is 48.9 Å². The van der Waals surface area contributed by atoms with Crippen LogP contribution in [0.15, 0.2) is 198 Å². The summed E-state index contributed by atoms with van der Waals surface area (Å²) in [5, 5.41) is 7.51. The van der Waals surface area contributed by atoms with Gasteiger partial charge in [0.25, 0.3) is 0 Å². The van der Waals surface area contributed by atoms with Gasteiger partial charge in [0.05, 0.1) is 17.1 Å². The number of aliphatic imine (C=N–C) groups is 2. The van der Waals surface area contributed by atoms with Gasteiger partial charge in [-0.1, -0.05) is 158 Å². The van der Waals surface area contributed by atoms with Crippen molar-refractivity contribution in [2.24, 2.45) is 9.98 Å². The molecule has 1 aliphatic carbocycles. The Kier molecular flexibility index (Phi) is 8.45. The van der Waals surface area contributed by atoms with Crippen LogP contribution in [0.5, 0.6) is 0 Å². The second kappa shape index (κ2) is 13.9. The molecular weight excluding hydrogens is 643 g/mol. The van der Waals surface area contributed by atoms with Crippen LogP contribution in [0.2, 0.25) is 0 Å². The van der Waals surface area contributed by atoms with Crippen LogP contribution in [0.3, 0.4) is 0 Å². The van der Waals surface area contributed by atoms with Crippen molar-refractivity contribution >= 4 is 54.9 Å². The summed E-state index contributed by atoms with van der Waals surface area (Å²) < 4.78 is 2.40. The Morgan fingerprint density at radius 2 is 1.30 bits per heavy atom. The molecule has 0 bridgehead atoms. The number of fused-ring (bicyclic) bond motifs is 6. The molecule has 0 aliphatic heterocycles. The van der Waals surface area contributed by atoms with Gasteiger partial charge in [0, 0.05) is 27.7 Å². The lowest BCUT2D eigenvalue weighted by molar-refractivity contribution is 0.822. The smallest absolute Gasteiger partial charge is 0.155 e. The van der Waals surface area contributed by atoms with Crippen molar-refractivity contribution in [3.05, 3.63) is 199 Å². The number of nitrogens with zero attached hydrogens (tertiary/aromatic N) is 3. The van der Waals surface area contributed by atoms with E-state index in [1.807, 2.05) is 6.07 Å². The minimum atomic E-state index is -0.162. The summed E-state index contributed by atoms with van der Waals surface area (Å²) in [5.74, 6) is 0.728. The first-order valence-electron chi connectivity index (χ1n) is 18.4. The average Bonchev–Trinajstić information content (AvgIpc) is 3.32. The zero-order chi connectivity index (χ0) is 35.7. The Balaban J connectivity index is 1.18. The van der Waals surface area contributed by atoms with E-state index >= 15 is 0 Å². The van der Waals surface area contributed by atoms with E-state index in [-0.39, 0.29) is 6.04 Å². The molecule has 0 radical (unpaired) electrons. The zero-order valence-electron chi connectivity index (χ0n) is 29.9. The van der Waals surface area contributed by atoms with Gasteiger partial charge in [0.1, 0.15) is 0 Å². The number of hydrogen-bond donors (Lipinski definition) is 0. The van der Waals surface area contributed by atoms with Crippen LogP contribution in [-0.2, 0) is 0 Å². The summed E-state index contributed by atoms with van der Waals surface area (Å²) in [7, 11) is 0. The average molecular weight is 682 g/mol. The maximum atomic E-state index is 5.38. The maximum absolute atomic E-state index is 5.38. The third-order valence-electron chi connectivity index (χ3n) is 10.4. The first kappa shape index (κ1) is 32.3. The summed E-state index contributed by atoms with van der Waals surface area (Å²) in [4.78, 5) is 10.5. The molecule has 9 rings (SSSR count). The van der Waals surface area contributed by atoms with Crippen molar-refractivity contribution in [3.63, 3.8) is 0 Å². The first-order chi connectivity index (χ1) is 26.1. The molecule has 1 atom stereocenters. The molecule has 0 N–H and O–H groups in total. The molecule has 3 nitrogen and oxygen atoms in total. The molecule has 0 saturated heterocycles. The summed E-state index contributed by atoms with van der Waals surface area (Å²) in [5.41, 5.74) is 10.1. The van der Waals surface area contributed by atoms with E-state index in [4.69, 9.17) is 9.98 Å². The summed E-state index contributed by atoms with van der Waals surface area (Å²) in [6, 6.07) is 54.3. The van der Waals surface area contributed by atoms with Crippen molar-refractivity contribution in [1.29, 1.82) is 0 Å². The topological polar surface area (TPSA) is 29.6 Å². The minimum absolute atomic E-state index is 0.162. The summed E-state index contributed by atoms with van der Waals surface area (Å²) >= 11 is 0. The molecule has 8 aromatic rings. The Labute approximate surface area is 310 Å². The van der Waals surface area contributed by atoms with Crippen LogP contribution in [0.1, 0.15) is 37.4 Å². The maximum Gasteiger partial charge on any atom is 0.155 e. The lowest BCUT2D eigenvalue weighted by atomic mass is 9.90. The molecule has 1 aromatic heterocycles. The van der Waals surface area contributed by atoms with Crippen LogP contribution >= 0.6 is 0 Å². The standard InChI is InChI=1S/C50H39N3/c1-34(36-16-6-3-4-7-17-36)51-50(40-20-8-5-9-21-40)52-35(2)42-32-28-37-18-10-12-22-43(37)48(42)39-26-30-41(31-27-39)53-46-25-15-14-24-45(46)49-44-23-13-11-19-38(44)29-33-47(49)53/h3,5-33,35H,4H2,1-2H3. The van der Waals surface area contributed by atoms with Gasteiger partial charge in [0.15, 0.2) is 5.84 Å². The normalized spacial score (nSPS) is 14.3. The number of amidine groups is 1. The van der Waals surface area contributed by atoms with Crippen molar-refractivity contribution < 1.29 is 0 Å². The highest BCUT2D eigenvalue weighted by molar-refractivity contribution is 6.21. The third kappa shape index (κ3) is 6.00. The third-order valence-corrected chi connectivity index (χ3v) is 10.4. The van der Waals surface area contributed by atoms with Gasteiger partial charge < -0.3 is 4.57 Å². The summed E-state index contributed by atoms with van der Waals surface area (Å²) in [6.45, 7) is 4.26. The fraction of sp³-hybridized carbons (Fsp3) is 0.0800. The van der Waals surface area contributed by atoms with Gasteiger partial charge in [-0.2, -0.15) is 0 Å². The van der Waals surface area contributed by atoms with Gasteiger partial charge >= 0.3 is 0 Å². The Bertz CT molecular complexity index is 2810. The minimum Gasteiger partial charge on any atom is -0.309 e. The van der Waals surface area contributed by atoms with Crippen molar-refractivity contribution in [2.45, 2.75) is 26.3 Å². The van der Waals surface area contributed by atoms with Gasteiger partial charge in [0.2, 0.25) is 0 Å². The van der Waals surface area contributed by atoms with Crippen LogP contribution in [0.4, 0.5) is 0 Å². The van der Waals surface area contributed by atoms with E-state index in [9.17, 15) is 0 Å². The number of benzene rings is 7. The molecule has 1 unspecified atom stereocenters. The second-order valence-corrected chi connectivity index (χ2v) is 13.7. The Hall–Kier alpha value is -6.58. The molecule has 0 fully saturated rings. The monoisotopic (exact) mass is 681 g/mol. The molecule has 53 heavy (non-hydrogen) atoms. The van der Waals surface area contributed by atoms with Crippen LogP contribution in [0.25, 0.3) is 60.2 Å². The van der Waals surface area contributed by atoms with E-state index < -0.39 is 0 Å². The molecular formula is C50H39N3. The van der Waals surface area contributed by atoms with Crippen molar-refractivity contribution in [1.82, 2.24) is 4.57 Å². The fourth-order valence-electron chi connectivity index (χ4n) is 7.81. The second-order valence-electron chi connectivity index (χ2n) is 13.7. The number of aromatic nitrogens is 1. The van der Waals surface area contributed by atoms with Crippen LogP contribution in [-0.4, -0.2) is 16.1 Å². The van der Waals surface area contributed by atoms with Gasteiger partial charge in [-0.05, 0) is 88.3 Å². The molecule has 0 saturated carbocycles. The lowest BCUT2D eigenvalue weighted by Gasteiger charge is -2.18. The number of rotatable bonds is 6. The van der Waals surface area contributed by atoms with Crippen molar-refractivity contribution in [3.8, 4) is 16.8 Å². The predicted molar refractivity (Wildman–Crippen MR) is 227 cm³/mol. The molecule has 1 heterocycles. The first-order valence-corrected chi connectivity index (χ1v) is 18.4. The van der Waals surface area contributed by atoms with Gasteiger partial charge in [-0.25, -0.2) is 4.99 Å². The quantitative estimate of drug-likeness (QED) is 0.124. The molecule has 3 heteroatoms. The molecule has 7 aromatic carbocycles. The molecule has 1 aliphatic rings. The van der Waals surface area contributed by atoms with Gasteiger partial charge in [-0.15, -0.1) is 0 Å². The number of para-hydroxylation sites is 1. The summed E-state index contributed by atoms with van der Waals surface area (Å²) in [6.07, 6.45) is 11.6. The molecule has 254 valence electrons.